The van der Waals surface area contributed by atoms with Gasteiger partial charge in [0.1, 0.15) is 0 Å². The number of rotatable bonds is 9. The van der Waals surface area contributed by atoms with Gasteiger partial charge in [0.15, 0.2) is 6.29 Å². The first kappa shape index (κ1) is 12.9. The fourth-order valence-electron chi connectivity index (χ4n) is 0.931. The maximum atomic E-state index is 11.0. The van der Waals surface area contributed by atoms with Gasteiger partial charge >= 0.3 is 0 Å². The van der Waals surface area contributed by atoms with Gasteiger partial charge in [-0.1, -0.05) is 13.8 Å². The van der Waals surface area contributed by atoms with E-state index in [1.165, 1.54) is 0 Å². The van der Waals surface area contributed by atoms with Crippen LogP contribution in [0.5, 0.6) is 0 Å². The van der Waals surface area contributed by atoms with Crippen molar-refractivity contribution in [2.45, 2.75) is 45.8 Å². The smallest absolute Gasteiger partial charge is 0.191 e. The van der Waals surface area contributed by atoms with Gasteiger partial charge in [0.05, 0.1) is 0 Å². The van der Waals surface area contributed by atoms with Gasteiger partial charge in [-0.3, -0.25) is 0 Å². The molecule has 0 aromatic heterocycles. The fourth-order valence-corrected chi connectivity index (χ4v) is 0.931. The highest BCUT2D eigenvalue weighted by Gasteiger charge is 2.04. The molecule has 0 heterocycles. The molecule has 0 aromatic carbocycles. The molecule has 0 rings (SSSR count). The summed E-state index contributed by atoms with van der Waals surface area (Å²) in [7, 11) is 0. The molecule has 1 atom stereocenters. The first-order chi connectivity index (χ1) is 6.31. The zero-order valence-electron chi connectivity index (χ0n) is 8.75. The Morgan fingerprint density at radius 1 is 1.08 bits per heavy atom. The van der Waals surface area contributed by atoms with Gasteiger partial charge < -0.3 is 9.47 Å². The number of ether oxygens (including phenoxy) is 2. The minimum Gasteiger partial charge on any atom is -0.381 e. The van der Waals surface area contributed by atoms with Crippen molar-refractivity contribution in [3.8, 4) is 0 Å². The quantitative estimate of drug-likeness (QED) is 0.412. The molecule has 0 aliphatic heterocycles. The van der Waals surface area contributed by atoms with Gasteiger partial charge in [-0.25, -0.2) is 5.11 Å². The van der Waals surface area contributed by atoms with Crippen LogP contribution in [-0.4, -0.2) is 26.1 Å². The van der Waals surface area contributed by atoms with Crippen LogP contribution in [0.25, 0.3) is 0 Å². The summed E-state index contributed by atoms with van der Waals surface area (Å²) in [5.74, 6) is 0. The molecule has 0 N–H and O–H groups in total. The van der Waals surface area contributed by atoms with Crippen molar-refractivity contribution in [1.82, 2.24) is 0 Å². The summed E-state index contributed by atoms with van der Waals surface area (Å²) >= 11 is 0. The summed E-state index contributed by atoms with van der Waals surface area (Å²) in [6.07, 6.45) is 2.45. The highest BCUT2D eigenvalue weighted by atomic mass is 16.6. The molecule has 0 fully saturated rings. The van der Waals surface area contributed by atoms with Crippen LogP contribution in [0.3, 0.4) is 0 Å². The van der Waals surface area contributed by atoms with E-state index in [9.17, 15) is 5.11 Å². The van der Waals surface area contributed by atoms with Crippen molar-refractivity contribution in [3.63, 3.8) is 0 Å². The third-order valence-electron chi connectivity index (χ3n) is 1.58. The van der Waals surface area contributed by atoms with Gasteiger partial charge in [-0.15, -0.1) is 0 Å². The van der Waals surface area contributed by atoms with Crippen LogP contribution in [0.4, 0.5) is 0 Å². The SMILES string of the molecule is CCCOCCCC([O])OCCC. The Morgan fingerprint density at radius 2 is 1.77 bits per heavy atom. The molecule has 0 bridgehead atoms. The average molecular weight is 189 g/mol. The Bertz CT molecular complexity index is 96.2. The molecule has 0 aliphatic carbocycles. The Labute approximate surface area is 81.0 Å². The zero-order chi connectivity index (χ0) is 9.94. The van der Waals surface area contributed by atoms with Gasteiger partial charge in [-0.2, -0.15) is 0 Å². The molecule has 13 heavy (non-hydrogen) atoms. The molecule has 3 heteroatoms. The van der Waals surface area contributed by atoms with E-state index in [1.807, 2.05) is 6.92 Å². The minimum absolute atomic E-state index is 0.559. The lowest BCUT2D eigenvalue weighted by atomic mass is 10.3. The topological polar surface area (TPSA) is 38.4 Å². The van der Waals surface area contributed by atoms with Crippen LogP contribution in [0.2, 0.25) is 0 Å². The third kappa shape index (κ3) is 9.80. The number of hydrogen-bond donors (Lipinski definition) is 0. The standard InChI is InChI=1S/C10H21O3/c1-3-7-12-9-5-6-10(11)13-8-4-2/h10H,3-9H2,1-2H3. The van der Waals surface area contributed by atoms with Crippen molar-refractivity contribution in [2.75, 3.05) is 19.8 Å². The lowest BCUT2D eigenvalue weighted by Crippen LogP contribution is -2.11. The largest absolute Gasteiger partial charge is 0.381 e. The minimum atomic E-state index is -0.856. The molecule has 0 aliphatic rings. The van der Waals surface area contributed by atoms with Crippen LogP contribution < -0.4 is 0 Å². The molecule has 0 saturated carbocycles. The Kier molecular flexibility index (Phi) is 9.87. The maximum Gasteiger partial charge on any atom is 0.191 e. The molecule has 0 spiro atoms. The molecule has 79 valence electrons. The zero-order valence-corrected chi connectivity index (χ0v) is 8.75. The van der Waals surface area contributed by atoms with E-state index in [0.717, 1.165) is 25.9 Å². The Morgan fingerprint density at radius 3 is 2.38 bits per heavy atom. The van der Waals surface area contributed by atoms with Gasteiger partial charge in [0.2, 0.25) is 0 Å². The Balaban J connectivity index is 3.03. The predicted octanol–water partition coefficient (Wildman–Crippen LogP) is 2.38. The lowest BCUT2D eigenvalue weighted by Gasteiger charge is -2.08. The second kappa shape index (κ2) is 9.96. The summed E-state index contributed by atoms with van der Waals surface area (Å²) in [5, 5.41) is 11.0. The predicted molar refractivity (Wildman–Crippen MR) is 51.1 cm³/mol. The third-order valence-corrected chi connectivity index (χ3v) is 1.58. The van der Waals surface area contributed by atoms with E-state index in [0.29, 0.717) is 19.6 Å². The monoisotopic (exact) mass is 189 g/mol. The van der Waals surface area contributed by atoms with E-state index in [2.05, 4.69) is 6.92 Å². The van der Waals surface area contributed by atoms with Crippen molar-refractivity contribution < 1.29 is 14.6 Å². The second-order valence-corrected chi connectivity index (χ2v) is 3.05. The molecule has 0 aromatic rings. The van der Waals surface area contributed by atoms with Crippen LogP contribution in [0.1, 0.15) is 39.5 Å². The van der Waals surface area contributed by atoms with Crippen LogP contribution in [0, 0.1) is 0 Å². The first-order valence-electron chi connectivity index (χ1n) is 5.16. The highest BCUT2D eigenvalue weighted by molar-refractivity contribution is 4.43. The Hall–Kier alpha value is -0.120. The van der Waals surface area contributed by atoms with Gasteiger partial charge in [0, 0.05) is 26.2 Å². The first-order valence-corrected chi connectivity index (χ1v) is 5.16. The molecule has 0 saturated heterocycles. The summed E-state index contributed by atoms with van der Waals surface area (Å²) in [4.78, 5) is 0. The van der Waals surface area contributed by atoms with E-state index < -0.39 is 6.29 Å². The van der Waals surface area contributed by atoms with Gasteiger partial charge in [0.25, 0.3) is 0 Å². The average Bonchev–Trinajstić information content (AvgIpc) is 2.14. The van der Waals surface area contributed by atoms with E-state index in [4.69, 9.17) is 9.47 Å². The summed E-state index contributed by atoms with van der Waals surface area (Å²) in [5.41, 5.74) is 0. The van der Waals surface area contributed by atoms with E-state index in [-0.39, 0.29) is 0 Å². The van der Waals surface area contributed by atoms with Crippen LogP contribution in [-0.2, 0) is 14.6 Å². The van der Waals surface area contributed by atoms with E-state index >= 15 is 0 Å². The van der Waals surface area contributed by atoms with Crippen molar-refractivity contribution in [3.05, 3.63) is 0 Å². The van der Waals surface area contributed by atoms with Crippen molar-refractivity contribution in [1.29, 1.82) is 0 Å². The molecular formula is C10H21O3. The summed E-state index contributed by atoms with van der Waals surface area (Å²) in [6.45, 7) is 6.11. The maximum absolute atomic E-state index is 11.0. The summed E-state index contributed by atoms with van der Waals surface area (Å²) < 4.78 is 10.2. The van der Waals surface area contributed by atoms with Crippen molar-refractivity contribution in [2.24, 2.45) is 0 Å². The molecule has 1 radical (unpaired) electrons. The number of hydrogen-bond acceptors (Lipinski definition) is 2. The fraction of sp³-hybridized carbons (Fsp3) is 1.00. The van der Waals surface area contributed by atoms with Crippen molar-refractivity contribution >= 4 is 0 Å². The van der Waals surface area contributed by atoms with Crippen LogP contribution in [0.15, 0.2) is 0 Å². The van der Waals surface area contributed by atoms with Gasteiger partial charge in [-0.05, 0) is 19.3 Å². The summed E-state index contributed by atoms with van der Waals surface area (Å²) in [6, 6.07) is 0. The molecule has 1 unspecified atom stereocenters. The molecule has 3 nitrogen and oxygen atoms in total. The second-order valence-electron chi connectivity index (χ2n) is 3.05. The van der Waals surface area contributed by atoms with Crippen LogP contribution >= 0.6 is 0 Å². The molecular weight excluding hydrogens is 168 g/mol. The highest BCUT2D eigenvalue weighted by Crippen LogP contribution is 2.00. The molecule has 0 amide bonds. The normalized spacial score (nSPS) is 13.2. The lowest BCUT2D eigenvalue weighted by molar-refractivity contribution is -0.145. The van der Waals surface area contributed by atoms with E-state index in [1.54, 1.807) is 0 Å².